The highest BCUT2D eigenvalue weighted by atomic mass is 19.1. The number of rotatable bonds is 4. The molecule has 120 valence electrons. The van der Waals surface area contributed by atoms with Gasteiger partial charge in [0.2, 0.25) is 0 Å². The van der Waals surface area contributed by atoms with E-state index < -0.39 is 46.5 Å². The average Bonchev–Trinajstić information content (AvgIpc) is 3.32. The lowest BCUT2D eigenvalue weighted by atomic mass is 10.0. The number of carbonyl (C=O) groups is 1. The molecule has 1 aliphatic carbocycles. The van der Waals surface area contributed by atoms with Gasteiger partial charge in [-0.3, -0.25) is 0 Å². The van der Waals surface area contributed by atoms with E-state index in [9.17, 15) is 23.1 Å². The van der Waals surface area contributed by atoms with Crippen LogP contribution >= 0.6 is 0 Å². The maximum absolute atomic E-state index is 14.2. The summed E-state index contributed by atoms with van der Waals surface area (Å²) in [6, 6.07) is 3.55. The molecule has 1 aromatic carbocycles. The molecular formula is C16H12F3NO3. The quantitative estimate of drug-likeness (QED) is 0.905. The molecule has 7 heteroatoms. The van der Waals surface area contributed by atoms with E-state index in [2.05, 4.69) is 4.98 Å². The number of pyridine rings is 1. The lowest BCUT2D eigenvalue weighted by molar-refractivity contribution is 0.0690. The number of aliphatic hydroxyl groups is 1. The number of carboxylic acid groups (broad SMARTS) is 1. The summed E-state index contributed by atoms with van der Waals surface area (Å²) in [5.74, 6) is -4.71. The van der Waals surface area contributed by atoms with Crippen LogP contribution in [0.25, 0.3) is 11.3 Å². The first kappa shape index (κ1) is 15.5. The summed E-state index contributed by atoms with van der Waals surface area (Å²) in [4.78, 5) is 14.4. The maximum atomic E-state index is 14.2. The van der Waals surface area contributed by atoms with Gasteiger partial charge in [0.25, 0.3) is 0 Å². The van der Waals surface area contributed by atoms with Gasteiger partial charge in [-0.1, -0.05) is 0 Å². The van der Waals surface area contributed by atoms with Crippen molar-refractivity contribution in [3.05, 3.63) is 53.0 Å². The Morgan fingerprint density at radius 1 is 1.13 bits per heavy atom. The lowest BCUT2D eigenvalue weighted by Crippen LogP contribution is -2.06. The second-order valence-corrected chi connectivity index (χ2v) is 5.47. The van der Waals surface area contributed by atoms with Crippen molar-refractivity contribution in [3.63, 3.8) is 0 Å². The van der Waals surface area contributed by atoms with Crippen molar-refractivity contribution >= 4 is 5.97 Å². The summed E-state index contributed by atoms with van der Waals surface area (Å²) in [5.41, 5.74) is -1.92. The van der Waals surface area contributed by atoms with Crippen molar-refractivity contribution in [2.75, 3.05) is 0 Å². The molecule has 0 aliphatic heterocycles. The summed E-state index contributed by atoms with van der Waals surface area (Å²) < 4.78 is 42.3. The van der Waals surface area contributed by atoms with Crippen molar-refractivity contribution in [1.29, 1.82) is 0 Å². The molecule has 1 atom stereocenters. The molecule has 2 aromatic rings. The van der Waals surface area contributed by atoms with Crippen molar-refractivity contribution in [2.24, 2.45) is 5.92 Å². The van der Waals surface area contributed by atoms with Gasteiger partial charge in [-0.25, -0.2) is 22.9 Å². The van der Waals surface area contributed by atoms with Gasteiger partial charge >= 0.3 is 5.97 Å². The van der Waals surface area contributed by atoms with E-state index in [0.29, 0.717) is 0 Å². The number of aliphatic hydroxyl groups excluding tert-OH is 1. The summed E-state index contributed by atoms with van der Waals surface area (Å²) in [5, 5.41) is 18.8. The van der Waals surface area contributed by atoms with E-state index in [1.54, 1.807) is 0 Å². The standard InChI is InChI=1S/C16H12F3NO3/c17-9-3-4-12(16(22)23)20-14(9)13-10(18)5-8(6-11(13)19)15(21)7-1-2-7/h3-7,15,21H,1-2H2,(H,22,23). The highest BCUT2D eigenvalue weighted by Gasteiger charge is 2.32. The number of hydrogen-bond donors (Lipinski definition) is 2. The van der Waals surface area contributed by atoms with Gasteiger partial charge in [0, 0.05) is 0 Å². The first-order chi connectivity index (χ1) is 10.9. The van der Waals surface area contributed by atoms with Crippen LogP contribution < -0.4 is 0 Å². The average molecular weight is 323 g/mol. The zero-order valence-electron chi connectivity index (χ0n) is 11.8. The SMILES string of the molecule is O=C(O)c1ccc(F)c(-c2c(F)cc(C(O)C3CC3)cc2F)n1. The molecule has 0 bridgehead atoms. The Labute approximate surface area is 129 Å². The van der Waals surface area contributed by atoms with E-state index in [4.69, 9.17) is 5.11 Å². The Hall–Kier alpha value is -2.41. The smallest absolute Gasteiger partial charge is 0.354 e. The molecule has 1 aliphatic rings. The highest BCUT2D eigenvalue weighted by molar-refractivity contribution is 5.86. The van der Waals surface area contributed by atoms with Gasteiger partial charge in [0.15, 0.2) is 0 Å². The second-order valence-electron chi connectivity index (χ2n) is 5.47. The summed E-state index contributed by atoms with van der Waals surface area (Å²) in [6.45, 7) is 0. The Bertz CT molecular complexity index is 767. The molecule has 3 rings (SSSR count). The molecule has 2 N–H and O–H groups in total. The van der Waals surface area contributed by atoms with Crippen LogP contribution in [0.3, 0.4) is 0 Å². The van der Waals surface area contributed by atoms with Gasteiger partial charge in [-0.2, -0.15) is 0 Å². The molecule has 1 unspecified atom stereocenters. The molecule has 23 heavy (non-hydrogen) atoms. The molecule has 0 saturated heterocycles. The predicted molar refractivity (Wildman–Crippen MR) is 74.2 cm³/mol. The topological polar surface area (TPSA) is 70.4 Å². The Morgan fingerprint density at radius 2 is 1.74 bits per heavy atom. The van der Waals surface area contributed by atoms with Crippen LogP contribution in [0.4, 0.5) is 13.2 Å². The van der Waals surface area contributed by atoms with Crippen LogP contribution in [0, 0.1) is 23.4 Å². The number of carboxylic acids is 1. The zero-order chi connectivity index (χ0) is 16.7. The molecule has 1 saturated carbocycles. The second kappa shape index (κ2) is 5.66. The fourth-order valence-electron chi connectivity index (χ4n) is 2.41. The number of halogens is 3. The van der Waals surface area contributed by atoms with E-state index in [0.717, 1.165) is 37.1 Å². The Morgan fingerprint density at radius 3 is 2.26 bits per heavy atom. The molecule has 0 radical (unpaired) electrons. The van der Waals surface area contributed by atoms with E-state index in [1.807, 2.05) is 0 Å². The first-order valence-electron chi connectivity index (χ1n) is 6.95. The van der Waals surface area contributed by atoms with Gasteiger partial charge in [-0.15, -0.1) is 0 Å². The fourth-order valence-corrected chi connectivity index (χ4v) is 2.41. The summed E-state index contributed by atoms with van der Waals surface area (Å²) in [7, 11) is 0. The minimum absolute atomic E-state index is 0.0233. The Balaban J connectivity index is 2.09. The first-order valence-corrected chi connectivity index (χ1v) is 6.95. The summed E-state index contributed by atoms with van der Waals surface area (Å²) in [6.07, 6.45) is 0.586. The number of nitrogens with zero attached hydrogens (tertiary/aromatic N) is 1. The highest BCUT2D eigenvalue weighted by Crippen LogP contribution is 2.42. The summed E-state index contributed by atoms with van der Waals surface area (Å²) >= 11 is 0. The predicted octanol–water partition coefficient (Wildman–Crippen LogP) is 3.31. The monoisotopic (exact) mass is 323 g/mol. The largest absolute Gasteiger partial charge is 0.477 e. The van der Waals surface area contributed by atoms with Crippen molar-refractivity contribution < 1.29 is 28.2 Å². The Kier molecular flexibility index (Phi) is 3.81. The van der Waals surface area contributed by atoms with Gasteiger partial charge in [-0.05, 0) is 48.6 Å². The number of aromatic nitrogens is 1. The van der Waals surface area contributed by atoms with Crippen molar-refractivity contribution in [1.82, 2.24) is 4.98 Å². The molecular weight excluding hydrogens is 311 g/mol. The van der Waals surface area contributed by atoms with Crippen LogP contribution in [0.1, 0.15) is 35.0 Å². The van der Waals surface area contributed by atoms with Gasteiger partial charge in [0.1, 0.15) is 28.8 Å². The third kappa shape index (κ3) is 2.92. The van der Waals surface area contributed by atoms with Crippen LogP contribution in [0.15, 0.2) is 24.3 Å². The number of benzene rings is 1. The van der Waals surface area contributed by atoms with E-state index in [1.165, 1.54) is 0 Å². The van der Waals surface area contributed by atoms with Gasteiger partial charge in [0.05, 0.1) is 11.7 Å². The van der Waals surface area contributed by atoms with Crippen LogP contribution in [0.5, 0.6) is 0 Å². The molecule has 1 heterocycles. The number of hydrogen-bond acceptors (Lipinski definition) is 3. The molecule has 4 nitrogen and oxygen atoms in total. The lowest BCUT2D eigenvalue weighted by Gasteiger charge is -2.13. The van der Waals surface area contributed by atoms with Crippen molar-refractivity contribution in [2.45, 2.75) is 18.9 Å². The maximum Gasteiger partial charge on any atom is 0.354 e. The normalized spacial score (nSPS) is 15.5. The van der Waals surface area contributed by atoms with Gasteiger partial charge < -0.3 is 10.2 Å². The molecule has 1 fully saturated rings. The third-order valence-corrected chi connectivity index (χ3v) is 3.78. The fraction of sp³-hybridized carbons (Fsp3) is 0.250. The van der Waals surface area contributed by atoms with Crippen LogP contribution in [-0.4, -0.2) is 21.2 Å². The molecule has 1 aromatic heterocycles. The molecule has 0 amide bonds. The molecule has 0 spiro atoms. The minimum Gasteiger partial charge on any atom is -0.477 e. The minimum atomic E-state index is -1.44. The van der Waals surface area contributed by atoms with Crippen LogP contribution in [0.2, 0.25) is 0 Å². The van der Waals surface area contributed by atoms with E-state index in [-0.39, 0.29) is 11.5 Å². The van der Waals surface area contributed by atoms with Crippen molar-refractivity contribution in [3.8, 4) is 11.3 Å². The van der Waals surface area contributed by atoms with Crippen LogP contribution in [-0.2, 0) is 0 Å². The third-order valence-electron chi connectivity index (χ3n) is 3.78. The van der Waals surface area contributed by atoms with E-state index >= 15 is 0 Å². The number of aromatic carboxylic acids is 1. The zero-order valence-corrected chi connectivity index (χ0v) is 11.8.